The number of anilines is 2. The number of halogens is 5. The number of fused-ring (bicyclic) bond motifs is 3. The minimum absolute atomic E-state index is 0.00130. The Balaban J connectivity index is 1.19. The van der Waals surface area contributed by atoms with Crippen LogP contribution in [0.25, 0.3) is 0 Å². The predicted molar refractivity (Wildman–Crippen MR) is 154 cm³/mol. The minimum atomic E-state index is -4.82. The number of nitrogens with one attached hydrogen (secondary N) is 1. The van der Waals surface area contributed by atoms with Crippen LogP contribution in [0.1, 0.15) is 57.5 Å². The summed E-state index contributed by atoms with van der Waals surface area (Å²) in [7, 11) is 1.38. The first-order valence-corrected chi connectivity index (χ1v) is 15.1. The van der Waals surface area contributed by atoms with Crippen LogP contribution in [0.15, 0.2) is 12.1 Å². The number of ether oxygens (including phenoxy) is 2. The number of hydrogen-bond acceptors (Lipinski definition) is 9. The highest BCUT2D eigenvalue weighted by Crippen LogP contribution is 2.43. The average molecular weight is 651 g/mol. The number of nitrogens with two attached hydrogens (primary N) is 1. The maximum absolute atomic E-state index is 15.1. The second kappa shape index (κ2) is 11.3. The second-order valence-corrected chi connectivity index (χ2v) is 12.2. The maximum atomic E-state index is 15.1. The summed E-state index contributed by atoms with van der Waals surface area (Å²) in [5.41, 5.74) is 5.20. The molecule has 6 heterocycles. The van der Waals surface area contributed by atoms with Gasteiger partial charge in [0.05, 0.1) is 54.0 Å². The third kappa shape index (κ3) is 5.23. The zero-order valence-electron chi connectivity index (χ0n) is 24.3. The summed E-state index contributed by atoms with van der Waals surface area (Å²) in [4.78, 5) is 26.2. The van der Waals surface area contributed by atoms with Gasteiger partial charge in [-0.05, 0) is 37.4 Å². The van der Waals surface area contributed by atoms with Crippen LogP contribution in [0.4, 0.5) is 29.1 Å². The number of alkyl halides is 3. The van der Waals surface area contributed by atoms with E-state index in [1.165, 1.54) is 7.11 Å². The van der Waals surface area contributed by atoms with E-state index in [1.807, 2.05) is 4.90 Å². The molecule has 4 aliphatic heterocycles. The van der Waals surface area contributed by atoms with E-state index >= 15 is 4.39 Å². The lowest BCUT2D eigenvalue weighted by Crippen LogP contribution is -2.34. The van der Waals surface area contributed by atoms with E-state index in [9.17, 15) is 18.0 Å². The highest BCUT2D eigenvalue weighted by Gasteiger charge is 2.42. The van der Waals surface area contributed by atoms with Gasteiger partial charge in [0.1, 0.15) is 5.82 Å². The Hall–Kier alpha value is -3.69. The van der Waals surface area contributed by atoms with Crippen molar-refractivity contribution >= 4 is 29.0 Å². The van der Waals surface area contributed by atoms with Crippen molar-refractivity contribution in [2.24, 2.45) is 5.92 Å². The number of likely N-dealkylation sites (tertiary alicyclic amines) is 1. The van der Waals surface area contributed by atoms with Gasteiger partial charge in [0.2, 0.25) is 0 Å². The fourth-order valence-electron chi connectivity index (χ4n) is 6.90. The number of aromatic nitrogens is 4. The van der Waals surface area contributed by atoms with Gasteiger partial charge in [-0.2, -0.15) is 28.2 Å². The molecule has 4 aliphatic rings. The first-order valence-electron chi connectivity index (χ1n) is 14.8. The van der Waals surface area contributed by atoms with Crippen LogP contribution in [0, 0.1) is 11.7 Å². The van der Waals surface area contributed by atoms with E-state index in [4.69, 9.17) is 26.8 Å². The van der Waals surface area contributed by atoms with Gasteiger partial charge in [-0.1, -0.05) is 11.6 Å². The molecule has 0 saturated carbocycles. The molecule has 3 aromatic rings. The summed E-state index contributed by atoms with van der Waals surface area (Å²) >= 11 is 6.84. The van der Waals surface area contributed by atoms with Gasteiger partial charge in [-0.25, -0.2) is 4.39 Å². The van der Waals surface area contributed by atoms with E-state index in [1.54, 1.807) is 9.58 Å². The Labute approximate surface area is 260 Å². The molecule has 7 rings (SSSR count). The number of carbonyl (C=O) groups is 1. The molecule has 2 fully saturated rings. The second-order valence-electron chi connectivity index (χ2n) is 11.8. The fraction of sp³-hybridized carbons (Fsp3) is 0.517. The smallest absolute Gasteiger partial charge is 0.416 e. The Kier molecular flexibility index (Phi) is 7.52. The van der Waals surface area contributed by atoms with Crippen LogP contribution in [-0.2, 0) is 37.0 Å². The fourth-order valence-corrected chi connectivity index (χ4v) is 7.18. The average Bonchev–Trinajstić information content (AvgIpc) is 3.66. The zero-order valence-corrected chi connectivity index (χ0v) is 25.1. The van der Waals surface area contributed by atoms with Crippen LogP contribution in [0.5, 0.6) is 6.01 Å². The summed E-state index contributed by atoms with van der Waals surface area (Å²) in [6, 6.07) is 1.94. The highest BCUT2D eigenvalue weighted by atomic mass is 35.5. The van der Waals surface area contributed by atoms with Gasteiger partial charge < -0.3 is 30.3 Å². The molecule has 1 aromatic carbocycles. The highest BCUT2D eigenvalue weighted by molar-refractivity contribution is 6.34. The minimum Gasteiger partial charge on any atom is -0.467 e. The van der Waals surface area contributed by atoms with Gasteiger partial charge in [-0.3, -0.25) is 9.48 Å². The van der Waals surface area contributed by atoms with Gasteiger partial charge in [-0.15, -0.1) is 0 Å². The molecule has 45 heavy (non-hydrogen) atoms. The van der Waals surface area contributed by atoms with Gasteiger partial charge in [0.15, 0.2) is 11.5 Å². The number of carbonyl (C=O) groups excluding carboxylic acids is 1. The summed E-state index contributed by atoms with van der Waals surface area (Å²) in [6.45, 7) is 3.37. The lowest BCUT2D eigenvalue weighted by Gasteiger charge is -2.31. The van der Waals surface area contributed by atoms with Gasteiger partial charge in [0.25, 0.3) is 5.91 Å². The van der Waals surface area contributed by atoms with Crippen molar-refractivity contribution in [3.8, 4) is 6.01 Å². The molecule has 0 radical (unpaired) electrons. The van der Waals surface area contributed by atoms with Crippen LogP contribution in [0.2, 0.25) is 5.02 Å². The van der Waals surface area contributed by atoms with E-state index in [2.05, 4.69) is 20.4 Å². The normalized spacial score (nSPS) is 23.0. The molecule has 1 amide bonds. The monoisotopic (exact) mass is 650 g/mol. The quantitative estimate of drug-likeness (QED) is 0.321. The van der Waals surface area contributed by atoms with Crippen molar-refractivity contribution in [3.05, 3.63) is 56.7 Å². The summed E-state index contributed by atoms with van der Waals surface area (Å²) in [5, 5.41) is 8.33. The van der Waals surface area contributed by atoms with Gasteiger partial charge >= 0.3 is 12.2 Å². The summed E-state index contributed by atoms with van der Waals surface area (Å²) < 4.78 is 69.7. The molecule has 0 aliphatic carbocycles. The number of benzene rings is 1. The lowest BCUT2D eigenvalue weighted by atomic mass is 9.94. The number of nitrogen functional groups attached to an aromatic ring is 1. The van der Waals surface area contributed by atoms with Crippen molar-refractivity contribution in [2.45, 2.75) is 57.3 Å². The molecule has 0 bridgehead atoms. The number of amides is 1. The largest absolute Gasteiger partial charge is 0.467 e. The molecular weight excluding hydrogens is 620 g/mol. The third-order valence-corrected chi connectivity index (χ3v) is 9.56. The molecule has 16 heteroatoms. The standard InChI is InChI=1S/C29H31ClF4N8O3/c1-44-28-37-18-9-21(22-16(29(32,33)34)3-4-17(35)24(22)31)45-13-15(18)26(38-28)40-7-2-8-42-20(12-40)23(30)25(39-42)27(43)41-10-14-5-6-36-19(14)11-41/h3-4,14,19,21,36H,2,5-13,35H2,1H3. The van der Waals surface area contributed by atoms with Gasteiger partial charge in [0, 0.05) is 49.8 Å². The molecular formula is C29H31ClF4N8O3. The molecule has 11 nitrogen and oxygen atoms in total. The predicted octanol–water partition coefficient (Wildman–Crippen LogP) is 3.73. The number of hydrogen-bond donors (Lipinski definition) is 2. The molecule has 240 valence electrons. The molecule has 3 N–H and O–H groups in total. The number of methoxy groups -OCH3 is 1. The van der Waals surface area contributed by atoms with Crippen molar-refractivity contribution in [1.29, 1.82) is 0 Å². The Morgan fingerprint density at radius 2 is 2.04 bits per heavy atom. The topological polar surface area (TPSA) is 124 Å². The lowest BCUT2D eigenvalue weighted by molar-refractivity contribution is -0.140. The molecule has 2 saturated heterocycles. The zero-order chi connectivity index (χ0) is 31.6. The van der Waals surface area contributed by atoms with Crippen LogP contribution in [0.3, 0.4) is 0 Å². The Morgan fingerprint density at radius 3 is 2.80 bits per heavy atom. The van der Waals surface area contributed by atoms with Crippen molar-refractivity contribution in [2.75, 3.05) is 43.9 Å². The van der Waals surface area contributed by atoms with E-state index in [0.717, 1.165) is 25.1 Å². The summed E-state index contributed by atoms with van der Waals surface area (Å²) in [6.07, 6.45) is -4.60. The Bertz CT molecular complexity index is 1660. The van der Waals surface area contributed by atoms with Crippen LogP contribution in [-0.4, -0.2) is 69.9 Å². The SMILES string of the molecule is COc1nc2c(c(N3CCCn4nc(C(=O)N5CC6CCNC6C5)c(Cl)c4C3)n1)COC(c1c(C(F)(F)F)ccc(N)c1F)C2. The summed E-state index contributed by atoms with van der Waals surface area (Å²) in [5.74, 6) is -0.485. The van der Waals surface area contributed by atoms with Crippen molar-refractivity contribution in [3.63, 3.8) is 0 Å². The Morgan fingerprint density at radius 1 is 1.22 bits per heavy atom. The molecule has 3 unspecified atom stereocenters. The van der Waals surface area contributed by atoms with Crippen molar-refractivity contribution in [1.82, 2.24) is 30.0 Å². The molecule has 0 spiro atoms. The van der Waals surface area contributed by atoms with Crippen LogP contribution < -0.4 is 20.7 Å². The van der Waals surface area contributed by atoms with E-state index < -0.39 is 34.9 Å². The van der Waals surface area contributed by atoms with Crippen molar-refractivity contribution < 1.29 is 31.8 Å². The third-order valence-electron chi connectivity index (χ3n) is 9.16. The number of aryl methyl sites for hydroxylation is 1. The number of rotatable bonds is 4. The number of nitrogens with zero attached hydrogens (tertiary/aromatic N) is 6. The van der Waals surface area contributed by atoms with E-state index in [0.29, 0.717) is 67.3 Å². The maximum Gasteiger partial charge on any atom is 0.416 e. The van der Waals surface area contributed by atoms with Crippen LogP contribution >= 0.6 is 11.6 Å². The van der Waals surface area contributed by atoms with E-state index in [-0.39, 0.29) is 42.2 Å². The molecule has 3 atom stereocenters. The first kappa shape index (κ1) is 30.0. The first-order chi connectivity index (χ1) is 21.5. The molecule has 2 aromatic heterocycles.